The van der Waals surface area contributed by atoms with E-state index < -0.39 is 0 Å². The zero-order valence-electron chi connectivity index (χ0n) is 9.98. The van der Waals surface area contributed by atoms with Crippen molar-refractivity contribution in [1.82, 2.24) is 4.98 Å². The number of ketones is 1. The van der Waals surface area contributed by atoms with E-state index in [4.69, 9.17) is 4.74 Å². The van der Waals surface area contributed by atoms with E-state index in [-0.39, 0.29) is 5.78 Å². The Morgan fingerprint density at radius 3 is 2.82 bits per heavy atom. The molecular formula is C13H13NO2S. The summed E-state index contributed by atoms with van der Waals surface area (Å²) in [5.41, 5.74) is 1.66. The second-order valence-electron chi connectivity index (χ2n) is 3.70. The highest BCUT2D eigenvalue weighted by atomic mass is 32.1. The van der Waals surface area contributed by atoms with Crippen LogP contribution < -0.4 is 4.74 Å². The number of ether oxygens (including phenoxy) is 1. The minimum atomic E-state index is 0.0495. The van der Waals surface area contributed by atoms with E-state index in [0.29, 0.717) is 4.88 Å². The number of hydrogen-bond donors (Lipinski definition) is 0. The molecule has 0 fully saturated rings. The standard InChI is InChI=1S/C13H13NO2S/c1-8(15)13-12(14-9(2)17-13)10-5-4-6-11(7-10)16-3/h4-7H,1-3H3. The Morgan fingerprint density at radius 2 is 2.18 bits per heavy atom. The van der Waals surface area contributed by atoms with Crippen molar-refractivity contribution in [2.24, 2.45) is 0 Å². The van der Waals surface area contributed by atoms with Crippen LogP contribution in [0.4, 0.5) is 0 Å². The summed E-state index contributed by atoms with van der Waals surface area (Å²) in [6.45, 7) is 3.47. The van der Waals surface area contributed by atoms with Crippen molar-refractivity contribution in [3.05, 3.63) is 34.2 Å². The molecule has 1 heterocycles. The first-order valence-electron chi connectivity index (χ1n) is 5.24. The topological polar surface area (TPSA) is 39.2 Å². The molecule has 4 heteroatoms. The van der Waals surface area contributed by atoms with Crippen molar-refractivity contribution in [2.75, 3.05) is 7.11 Å². The first-order chi connectivity index (χ1) is 8.11. The molecule has 88 valence electrons. The van der Waals surface area contributed by atoms with Crippen molar-refractivity contribution < 1.29 is 9.53 Å². The molecule has 3 nitrogen and oxygen atoms in total. The molecule has 1 aromatic carbocycles. The van der Waals surface area contributed by atoms with Gasteiger partial charge >= 0.3 is 0 Å². The maximum Gasteiger partial charge on any atom is 0.172 e. The zero-order chi connectivity index (χ0) is 12.4. The van der Waals surface area contributed by atoms with Gasteiger partial charge in [-0.1, -0.05) is 12.1 Å². The lowest BCUT2D eigenvalue weighted by Gasteiger charge is -2.03. The van der Waals surface area contributed by atoms with Gasteiger partial charge in [-0.3, -0.25) is 4.79 Å². The number of carbonyl (C=O) groups is 1. The monoisotopic (exact) mass is 247 g/mol. The van der Waals surface area contributed by atoms with Gasteiger partial charge in [0.15, 0.2) is 5.78 Å². The van der Waals surface area contributed by atoms with Gasteiger partial charge in [0.2, 0.25) is 0 Å². The predicted octanol–water partition coefficient (Wildman–Crippen LogP) is 3.33. The predicted molar refractivity (Wildman–Crippen MR) is 68.8 cm³/mol. The van der Waals surface area contributed by atoms with E-state index >= 15 is 0 Å². The Morgan fingerprint density at radius 1 is 1.41 bits per heavy atom. The minimum absolute atomic E-state index is 0.0495. The van der Waals surface area contributed by atoms with Crippen molar-refractivity contribution >= 4 is 17.1 Å². The second kappa shape index (κ2) is 4.67. The first-order valence-corrected chi connectivity index (χ1v) is 6.06. The zero-order valence-corrected chi connectivity index (χ0v) is 10.8. The van der Waals surface area contributed by atoms with Crippen LogP contribution >= 0.6 is 11.3 Å². The van der Waals surface area contributed by atoms with Gasteiger partial charge in [0, 0.05) is 12.5 Å². The van der Waals surface area contributed by atoms with Gasteiger partial charge in [-0.05, 0) is 19.1 Å². The summed E-state index contributed by atoms with van der Waals surface area (Å²) < 4.78 is 5.17. The van der Waals surface area contributed by atoms with Crippen molar-refractivity contribution in [3.63, 3.8) is 0 Å². The van der Waals surface area contributed by atoms with E-state index in [2.05, 4.69) is 4.98 Å². The van der Waals surface area contributed by atoms with Gasteiger partial charge in [-0.2, -0.15) is 0 Å². The average molecular weight is 247 g/mol. The van der Waals surface area contributed by atoms with Crippen molar-refractivity contribution in [3.8, 4) is 17.0 Å². The highest BCUT2D eigenvalue weighted by molar-refractivity contribution is 7.14. The molecule has 0 saturated heterocycles. The number of aromatic nitrogens is 1. The number of thiazole rings is 1. The quantitative estimate of drug-likeness (QED) is 0.781. The highest BCUT2D eigenvalue weighted by Crippen LogP contribution is 2.30. The molecule has 0 spiro atoms. The first kappa shape index (κ1) is 11.8. The van der Waals surface area contributed by atoms with Crippen LogP contribution in [0.1, 0.15) is 21.6 Å². The van der Waals surface area contributed by atoms with Crippen LogP contribution in [0.5, 0.6) is 5.75 Å². The summed E-state index contributed by atoms with van der Waals surface area (Å²) in [7, 11) is 1.62. The Hall–Kier alpha value is -1.68. The smallest absolute Gasteiger partial charge is 0.172 e. The summed E-state index contributed by atoms with van der Waals surface area (Å²) in [6, 6.07) is 7.59. The third-order valence-electron chi connectivity index (χ3n) is 2.40. The molecule has 0 radical (unpaired) electrons. The number of nitrogens with zero attached hydrogens (tertiary/aromatic N) is 1. The number of Topliss-reactive ketones (excluding diaryl/α,β-unsaturated/α-hetero) is 1. The lowest BCUT2D eigenvalue weighted by atomic mass is 10.1. The van der Waals surface area contributed by atoms with Crippen molar-refractivity contribution in [2.45, 2.75) is 13.8 Å². The molecular weight excluding hydrogens is 234 g/mol. The molecule has 2 aromatic rings. The molecule has 0 aliphatic rings. The number of hydrogen-bond acceptors (Lipinski definition) is 4. The Kier molecular flexibility index (Phi) is 3.24. The van der Waals surface area contributed by atoms with E-state index in [9.17, 15) is 4.79 Å². The minimum Gasteiger partial charge on any atom is -0.497 e. The fourth-order valence-electron chi connectivity index (χ4n) is 1.63. The molecule has 17 heavy (non-hydrogen) atoms. The summed E-state index contributed by atoms with van der Waals surface area (Å²) in [5, 5.41) is 0.896. The number of aryl methyl sites for hydroxylation is 1. The normalized spacial score (nSPS) is 10.3. The fraction of sp³-hybridized carbons (Fsp3) is 0.231. The number of carbonyl (C=O) groups excluding carboxylic acids is 1. The van der Waals surface area contributed by atoms with Crippen LogP contribution in [-0.4, -0.2) is 17.9 Å². The Labute approximate surface area is 104 Å². The van der Waals surface area contributed by atoms with Crippen LogP contribution in [-0.2, 0) is 0 Å². The van der Waals surface area contributed by atoms with E-state index in [1.807, 2.05) is 31.2 Å². The van der Waals surface area contributed by atoms with E-state index in [1.165, 1.54) is 11.3 Å². The lowest BCUT2D eigenvalue weighted by molar-refractivity contribution is 0.102. The van der Waals surface area contributed by atoms with Gasteiger partial charge in [-0.15, -0.1) is 11.3 Å². The maximum absolute atomic E-state index is 11.5. The van der Waals surface area contributed by atoms with Gasteiger partial charge in [0.05, 0.1) is 22.7 Å². The van der Waals surface area contributed by atoms with Gasteiger partial charge in [-0.25, -0.2) is 4.98 Å². The molecule has 0 N–H and O–H groups in total. The second-order valence-corrected chi connectivity index (χ2v) is 4.90. The summed E-state index contributed by atoms with van der Waals surface area (Å²) >= 11 is 1.43. The Balaban J connectivity index is 2.55. The van der Waals surface area contributed by atoms with Gasteiger partial charge in [0.25, 0.3) is 0 Å². The van der Waals surface area contributed by atoms with Crippen LogP contribution in [0.25, 0.3) is 11.3 Å². The third-order valence-corrected chi connectivity index (χ3v) is 3.47. The molecule has 0 amide bonds. The van der Waals surface area contributed by atoms with Crippen molar-refractivity contribution in [1.29, 1.82) is 0 Å². The van der Waals surface area contributed by atoms with Crippen LogP contribution in [0.15, 0.2) is 24.3 Å². The average Bonchev–Trinajstić information content (AvgIpc) is 2.72. The lowest BCUT2D eigenvalue weighted by Crippen LogP contribution is -1.92. The molecule has 2 rings (SSSR count). The van der Waals surface area contributed by atoms with Gasteiger partial charge in [0.1, 0.15) is 5.75 Å². The highest BCUT2D eigenvalue weighted by Gasteiger charge is 2.15. The number of benzene rings is 1. The molecule has 1 aromatic heterocycles. The SMILES string of the molecule is COc1cccc(-c2nc(C)sc2C(C)=O)c1. The summed E-state index contributed by atoms with van der Waals surface area (Å²) in [6.07, 6.45) is 0. The van der Waals surface area contributed by atoms with Crippen LogP contribution in [0.3, 0.4) is 0 Å². The van der Waals surface area contributed by atoms with Crippen LogP contribution in [0.2, 0.25) is 0 Å². The Bertz CT molecular complexity index is 560. The third kappa shape index (κ3) is 2.36. The molecule has 0 saturated carbocycles. The van der Waals surface area contributed by atoms with E-state index in [0.717, 1.165) is 22.0 Å². The molecule has 0 unspecified atom stereocenters. The summed E-state index contributed by atoms with van der Waals surface area (Å²) in [4.78, 5) is 16.7. The maximum atomic E-state index is 11.5. The molecule has 0 aliphatic carbocycles. The molecule has 0 aliphatic heterocycles. The molecule has 0 atom stereocenters. The number of rotatable bonds is 3. The fourth-order valence-corrected chi connectivity index (χ4v) is 2.47. The molecule has 0 bridgehead atoms. The van der Waals surface area contributed by atoms with Crippen LogP contribution in [0, 0.1) is 6.92 Å². The summed E-state index contributed by atoms with van der Waals surface area (Å²) in [5.74, 6) is 0.816. The van der Waals surface area contributed by atoms with E-state index in [1.54, 1.807) is 14.0 Å². The number of methoxy groups -OCH3 is 1. The van der Waals surface area contributed by atoms with Gasteiger partial charge < -0.3 is 4.74 Å². The largest absolute Gasteiger partial charge is 0.497 e.